The van der Waals surface area contributed by atoms with E-state index in [1.807, 2.05) is 24.4 Å². The van der Waals surface area contributed by atoms with Crippen molar-refractivity contribution in [3.8, 4) is 0 Å². The molecule has 108 valence electrons. The Hall–Kier alpha value is -1.41. The number of benzene rings is 1. The lowest BCUT2D eigenvalue weighted by Crippen LogP contribution is -2.30. The van der Waals surface area contributed by atoms with Crippen LogP contribution in [0.15, 0.2) is 46.7 Å². The maximum Gasteiger partial charge on any atom is 0.243 e. The third kappa shape index (κ3) is 3.18. The van der Waals surface area contributed by atoms with Gasteiger partial charge in [-0.15, -0.1) is 11.3 Å². The van der Waals surface area contributed by atoms with Crippen LogP contribution in [-0.4, -0.2) is 19.3 Å². The number of hydrogen-bond acceptors (Lipinski definition) is 5. The number of rotatable bonds is 6. The van der Waals surface area contributed by atoms with Crippen molar-refractivity contribution in [2.75, 3.05) is 12.0 Å². The molecule has 3 N–H and O–H groups in total. The summed E-state index contributed by atoms with van der Waals surface area (Å²) in [6.45, 7) is 2.66. The van der Waals surface area contributed by atoms with E-state index < -0.39 is 10.0 Å². The van der Waals surface area contributed by atoms with Crippen molar-refractivity contribution in [3.05, 3.63) is 46.7 Å². The molecule has 2 aromatic rings. The Kier molecular flexibility index (Phi) is 4.77. The maximum atomic E-state index is 12.6. The Bertz CT molecular complexity index is 637. The molecular formula is C13H17N3O2S2. The summed E-state index contributed by atoms with van der Waals surface area (Å²) in [5, 5.41) is 1.94. The highest BCUT2D eigenvalue weighted by Crippen LogP contribution is 2.21. The lowest BCUT2D eigenvalue weighted by atomic mass is 10.3. The fraction of sp³-hybridized carbons (Fsp3) is 0.231. The third-order valence-electron chi connectivity index (χ3n) is 2.92. The van der Waals surface area contributed by atoms with Crippen LogP contribution in [0.5, 0.6) is 0 Å². The molecule has 0 aliphatic rings. The predicted molar refractivity (Wildman–Crippen MR) is 81.8 cm³/mol. The molecule has 0 fully saturated rings. The van der Waals surface area contributed by atoms with Gasteiger partial charge in [0.25, 0.3) is 0 Å². The Balaban J connectivity index is 2.26. The van der Waals surface area contributed by atoms with Gasteiger partial charge in [0.1, 0.15) is 0 Å². The van der Waals surface area contributed by atoms with Crippen LogP contribution >= 0.6 is 11.3 Å². The molecule has 2 rings (SSSR count). The van der Waals surface area contributed by atoms with E-state index in [1.165, 1.54) is 4.31 Å². The molecule has 0 saturated carbocycles. The van der Waals surface area contributed by atoms with Gasteiger partial charge >= 0.3 is 0 Å². The number of sulfonamides is 1. The first kappa shape index (κ1) is 15.0. The van der Waals surface area contributed by atoms with Crippen molar-refractivity contribution in [2.24, 2.45) is 5.84 Å². The standard InChI is InChI=1S/C13H17N3O2S2/c1-2-16(10-12-4-3-9-19-12)20(17,18)13-7-5-11(15-14)6-8-13/h3-9,15H,2,10,14H2,1H3. The van der Waals surface area contributed by atoms with E-state index in [0.717, 1.165) is 4.88 Å². The summed E-state index contributed by atoms with van der Waals surface area (Å²) < 4.78 is 26.6. The number of hydrogen-bond donors (Lipinski definition) is 2. The number of nitrogen functional groups attached to an aromatic ring is 1. The quantitative estimate of drug-likeness (QED) is 0.634. The molecule has 5 nitrogen and oxygen atoms in total. The summed E-state index contributed by atoms with van der Waals surface area (Å²) in [5.41, 5.74) is 3.15. The minimum atomic E-state index is -3.48. The van der Waals surface area contributed by atoms with Gasteiger partial charge in [0.05, 0.1) is 4.90 Å². The molecule has 7 heteroatoms. The topological polar surface area (TPSA) is 75.4 Å². The van der Waals surface area contributed by atoms with Crippen LogP contribution in [-0.2, 0) is 16.6 Å². The maximum absolute atomic E-state index is 12.6. The van der Waals surface area contributed by atoms with Crippen LogP contribution in [0.25, 0.3) is 0 Å². The molecule has 0 unspecified atom stereocenters. The summed E-state index contributed by atoms with van der Waals surface area (Å²) in [6, 6.07) is 10.3. The molecule has 0 aliphatic heterocycles. The molecule has 1 heterocycles. The second-order valence-electron chi connectivity index (χ2n) is 4.18. The first-order chi connectivity index (χ1) is 9.57. The number of nitrogens with zero attached hydrogens (tertiary/aromatic N) is 1. The summed E-state index contributed by atoms with van der Waals surface area (Å²) in [7, 11) is -3.48. The average molecular weight is 311 g/mol. The largest absolute Gasteiger partial charge is 0.324 e. The molecule has 1 aromatic carbocycles. The number of nitrogens with two attached hydrogens (primary N) is 1. The zero-order valence-electron chi connectivity index (χ0n) is 11.1. The second kappa shape index (κ2) is 6.36. The monoisotopic (exact) mass is 311 g/mol. The molecule has 0 bridgehead atoms. The van der Waals surface area contributed by atoms with Gasteiger partial charge in [-0.2, -0.15) is 4.31 Å². The van der Waals surface area contributed by atoms with Gasteiger partial charge in [0.2, 0.25) is 10.0 Å². The van der Waals surface area contributed by atoms with Crippen LogP contribution in [0, 0.1) is 0 Å². The van der Waals surface area contributed by atoms with E-state index in [-0.39, 0.29) is 4.90 Å². The lowest BCUT2D eigenvalue weighted by Gasteiger charge is -2.20. The highest BCUT2D eigenvalue weighted by atomic mass is 32.2. The molecule has 0 spiro atoms. The molecule has 0 aliphatic carbocycles. The Labute approximate surface area is 123 Å². The lowest BCUT2D eigenvalue weighted by molar-refractivity contribution is 0.426. The highest BCUT2D eigenvalue weighted by Gasteiger charge is 2.23. The Morgan fingerprint density at radius 2 is 1.95 bits per heavy atom. The van der Waals surface area contributed by atoms with Gasteiger partial charge < -0.3 is 5.43 Å². The van der Waals surface area contributed by atoms with Crippen molar-refractivity contribution in [1.29, 1.82) is 0 Å². The van der Waals surface area contributed by atoms with Crippen molar-refractivity contribution in [3.63, 3.8) is 0 Å². The highest BCUT2D eigenvalue weighted by molar-refractivity contribution is 7.89. The van der Waals surface area contributed by atoms with Crippen molar-refractivity contribution in [2.45, 2.75) is 18.4 Å². The summed E-state index contributed by atoms with van der Waals surface area (Å²) in [4.78, 5) is 1.30. The van der Waals surface area contributed by atoms with E-state index in [4.69, 9.17) is 5.84 Å². The zero-order valence-corrected chi connectivity index (χ0v) is 12.7. The van der Waals surface area contributed by atoms with Gasteiger partial charge in [-0.25, -0.2) is 8.42 Å². The smallest absolute Gasteiger partial charge is 0.243 e. The van der Waals surface area contributed by atoms with E-state index >= 15 is 0 Å². The minimum Gasteiger partial charge on any atom is -0.324 e. The first-order valence-corrected chi connectivity index (χ1v) is 8.49. The Morgan fingerprint density at radius 1 is 1.25 bits per heavy atom. The predicted octanol–water partition coefficient (Wildman–Crippen LogP) is 2.24. The van der Waals surface area contributed by atoms with E-state index in [0.29, 0.717) is 18.8 Å². The van der Waals surface area contributed by atoms with Gasteiger partial charge in [-0.05, 0) is 35.7 Å². The van der Waals surface area contributed by atoms with Gasteiger partial charge in [0.15, 0.2) is 0 Å². The SMILES string of the molecule is CCN(Cc1cccs1)S(=O)(=O)c1ccc(NN)cc1. The normalized spacial score (nSPS) is 11.8. The minimum absolute atomic E-state index is 0.273. The fourth-order valence-electron chi connectivity index (χ4n) is 1.82. The van der Waals surface area contributed by atoms with Gasteiger partial charge in [-0.1, -0.05) is 13.0 Å². The molecule has 0 amide bonds. The molecular weight excluding hydrogens is 294 g/mol. The first-order valence-electron chi connectivity index (χ1n) is 6.17. The van der Waals surface area contributed by atoms with E-state index in [1.54, 1.807) is 35.6 Å². The molecule has 20 heavy (non-hydrogen) atoms. The van der Waals surface area contributed by atoms with Crippen LogP contribution in [0.2, 0.25) is 0 Å². The zero-order chi connectivity index (χ0) is 14.6. The van der Waals surface area contributed by atoms with Crippen molar-refractivity contribution in [1.82, 2.24) is 4.31 Å². The fourth-order valence-corrected chi connectivity index (χ4v) is 4.04. The molecule has 1 aromatic heterocycles. The second-order valence-corrected chi connectivity index (χ2v) is 7.15. The average Bonchev–Trinajstić information content (AvgIpc) is 2.97. The number of anilines is 1. The van der Waals surface area contributed by atoms with E-state index in [9.17, 15) is 8.42 Å². The molecule has 0 saturated heterocycles. The molecule has 0 atom stereocenters. The van der Waals surface area contributed by atoms with E-state index in [2.05, 4.69) is 5.43 Å². The Morgan fingerprint density at radius 3 is 2.45 bits per heavy atom. The van der Waals surface area contributed by atoms with Crippen LogP contribution in [0.3, 0.4) is 0 Å². The van der Waals surface area contributed by atoms with Crippen LogP contribution in [0.1, 0.15) is 11.8 Å². The molecule has 0 radical (unpaired) electrons. The van der Waals surface area contributed by atoms with Gasteiger partial charge in [-0.3, -0.25) is 5.84 Å². The van der Waals surface area contributed by atoms with Crippen LogP contribution < -0.4 is 11.3 Å². The van der Waals surface area contributed by atoms with Gasteiger partial charge in [0, 0.05) is 23.7 Å². The number of thiophene rings is 1. The summed E-state index contributed by atoms with van der Waals surface area (Å²) in [6.07, 6.45) is 0. The number of nitrogens with one attached hydrogen (secondary N) is 1. The van der Waals surface area contributed by atoms with Crippen molar-refractivity contribution >= 4 is 27.0 Å². The summed E-state index contributed by atoms with van der Waals surface area (Å²) >= 11 is 1.55. The number of hydrazine groups is 1. The van der Waals surface area contributed by atoms with Crippen LogP contribution in [0.4, 0.5) is 5.69 Å². The van der Waals surface area contributed by atoms with Crippen molar-refractivity contribution < 1.29 is 8.42 Å². The summed E-state index contributed by atoms with van der Waals surface area (Å²) in [5.74, 6) is 5.28. The third-order valence-corrected chi connectivity index (χ3v) is 5.72.